The van der Waals surface area contributed by atoms with Crippen molar-refractivity contribution in [3.05, 3.63) is 23.8 Å². The molecular weight excluding hydrogens is 414 g/mol. The zero-order chi connectivity index (χ0) is 22.4. The van der Waals surface area contributed by atoms with Crippen LogP contribution >= 0.6 is 0 Å². The molecule has 2 N–H and O–H groups in total. The molecule has 1 aliphatic rings. The third-order valence-corrected chi connectivity index (χ3v) is 6.01. The van der Waals surface area contributed by atoms with E-state index in [-0.39, 0.29) is 42.4 Å². The molecule has 1 saturated heterocycles. The van der Waals surface area contributed by atoms with Crippen LogP contribution in [0.1, 0.15) is 31.1 Å². The van der Waals surface area contributed by atoms with E-state index in [1.165, 1.54) is 29.6 Å². The summed E-state index contributed by atoms with van der Waals surface area (Å²) in [5, 5.41) is 5.17. The molecule has 0 bridgehead atoms. The number of morpholine rings is 1. The van der Waals surface area contributed by atoms with Gasteiger partial charge in [0, 0.05) is 31.7 Å². The van der Waals surface area contributed by atoms with E-state index in [2.05, 4.69) is 10.6 Å². The lowest BCUT2D eigenvalue weighted by Gasteiger charge is -2.26. The predicted octanol–water partition coefficient (Wildman–Crippen LogP) is 0.971. The summed E-state index contributed by atoms with van der Waals surface area (Å²) >= 11 is 0. The molecule has 0 radical (unpaired) electrons. The highest BCUT2D eigenvalue weighted by atomic mass is 32.2. The molecule has 0 atom stereocenters. The van der Waals surface area contributed by atoms with Crippen LogP contribution in [0, 0.1) is 0 Å². The van der Waals surface area contributed by atoms with E-state index in [9.17, 15) is 18.0 Å². The fourth-order valence-electron chi connectivity index (χ4n) is 2.70. The van der Waals surface area contributed by atoms with Gasteiger partial charge >= 0.3 is 6.09 Å². The smallest absolute Gasteiger partial charge is 0.407 e. The highest BCUT2D eigenvalue weighted by molar-refractivity contribution is 7.89. The van der Waals surface area contributed by atoms with Gasteiger partial charge in [0.05, 0.1) is 20.3 Å². The number of carbonyl (C=O) groups is 2. The van der Waals surface area contributed by atoms with E-state index >= 15 is 0 Å². The highest BCUT2D eigenvalue weighted by Crippen LogP contribution is 2.28. The molecule has 0 aromatic heterocycles. The van der Waals surface area contributed by atoms with Crippen molar-refractivity contribution < 1.29 is 32.2 Å². The molecule has 2 amide bonds. The number of sulfonamides is 1. The van der Waals surface area contributed by atoms with Crippen LogP contribution in [0.15, 0.2) is 23.1 Å². The van der Waals surface area contributed by atoms with E-state index < -0.39 is 27.6 Å². The van der Waals surface area contributed by atoms with Crippen LogP contribution in [0.5, 0.6) is 5.75 Å². The standard InChI is InChI=1S/C19H29N3O7S/c1-19(2,3)29-18(24)21-8-7-20-17(23)14-5-6-15(27-4)16(13-14)30(25,26)22-9-11-28-12-10-22/h5-6,13H,7-12H2,1-4H3,(H,20,23)(H,21,24). The summed E-state index contributed by atoms with van der Waals surface area (Å²) in [7, 11) is -2.47. The number of amides is 2. The number of rotatable bonds is 7. The average molecular weight is 444 g/mol. The van der Waals surface area contributed by atoms with Crippen molar-refractivity contribution in [2.75, 3.05) is 46.5 Å². The molecule has 0 saturated carbocycles. The number of nitrogens with one attached hydrogen (secondary N) is 2. The van der Waals surface area contributed by atoms with Crippen LogP contribution < -0.4 is 15.4 Å². The van der Waals surface area contributed by atoms with Gasteiger partial charge in [-0.05, 0) is 39.0 Å². The van der Waals surface area contributed by atoms with Gasteiger partial charge in [0.25, 0.3) is 5.91 Å². The maximum absolute atomic E-state index is 13.0. The molecule has 10 nitrogen and oxygen atoms in total. The molecule has 11 heteroatoms. The summed E-state index contributed by atoms with van der Waals surface area (Å²) in [4.78, 5) is 24.0. The Morgan fingerprint density at radius 1 is 1.13 bits per heavy atom. The Balaban J connectivity index is 2.03. The summed E-state index contributed by atoms with van der Waals surface area (Å²) in [6, 6.07) is 4.22. The molecule has 1 heterocycles. The Morgan fingerprint density at radius 2 is 1.77 bits per heavy atom. The monoisotopic (exact) mass is 443 g/mol. The summed E-state index contributed by atoms with van der Waals surface area (Å²) in [5.74, 6) is -0.313. The Hall–Kier alpha value is -2.37. The first-order valence-electron chi connectivity index (χ1n) is 9.55. The van der Waals surface area contributed by atoms with Crippen LogP contribution in [-0.4, -0.2) is 76.8 Å². The van der Waals surface area contributed by atoms with Crippen LogP contribution in [0.3, 0.4) is 0 Å². The maximum Gasteiger partial charge on any atom is 0.407 e. The number of ether oxygens (including phenoxy) is 3. The Morgan fingerprint density at radius 3 is 2.37 bits per heavy atom. The van der Waals surface area contributed by atoms with Gasteiger partial charge in [-0.15, -0.1) is 0 Å². The number of carbonyl (C=O) groups excluding carboxylic acids is 2. The maximum atomic E-state index is 13.0. The normalized spacial score (nSPS) is 15.3. The van der Waals surface area contributed by atoms with Crippen molar-refractivity contribution in [2.24, 2.45) is 0 Å². The van der Waals surface area contributed by atoms with Crippen molar-refractivity contribution in [3.63, 3.8) is 0 Å². The zero-order valence-corrected chi connectivity index (χ0v) is 18.5. The molecule has 0 unspecified atom stereocenters. The lowest BCUT2D eigenvalue weighted by Crippen LogP contribution is -2.41. The molecule has 1 aliphatic heterocycles. The van der Waals surface area contributed by atoms with Crippen LogP contribution in [-0.2, 0) is 19.5 Å². The largest absolute Gasteiger partial charge is 0.495 e. The summed E-state index contributed by atoms with van der Waals surface area (Å²) in [5.41, 5.74) is -0.446. The minimum Gasteiger partial charge on any atom is -0.495 e. The topological polar surface area (TPSA) is 123 Å². The number of alkyl carbamates (subject to hydrolysis) is 1. The average Bonchev–Trinajstić information content (AvgIpc) is 2.70. The lowest BCUT2D eigenvalue weighted by molar-refractivity contribution is 0.0526. The van der Waals surface area contributed by atoms with Crippen molar-refractivity contribution in [3.8, 4) is 5.75 Å². The summed E-state index contributed by atoms with van der Waals surface area (Å²) in [6.07, 6.45) is -0.583. The second kappa shape index (κ2) is 10.1. The van der Waals surface area contributed by atoms with Gasteiger partial charge in [0.2, 0.25) is 10.0 Å². The minimum absolute atomic E-state index is 0.0774. The molecule has 0 aliphatic carbocycles. The van der Waals surface area contributed by atoms with Gasteiger partial charge < -0.3 is 24.8 Å². The van der Waals surface area contributed by atoms with Crippen molar-refractivity contribution >= 4 is 22.0 Å². The van der Waals surface area contributed by atoms with Crippen LogP contribution in [0.25, 0.3) is 0 Å². The fraction of sp³-hybridized carbons (Fsp3) is 0.579. The highest BCUT2D eigenvalue weighted by Gasteiger charge is 2.30. The van der Waals surface area contributed by atoms with Gasteiger partial charge in [-0.25, -0.2) is 13.2 Å². The molecule has 2 rings (SSSR count). The van der Waals surface area contributed by atoms with E-state index in [4.69, 9.17) is 14.2 Å². The lowest BCUT2D eigenvalue weighted by atomic mass is 10.2. The second-order valence-electron chi connectivity index (χ2n) is 7.57. The molecule has 168 valence electrons. The number of benzene rings is 1. The number of hydrogen-bond acceptors (Lipinski definition) is 7. The number of methoxy groups -OCH3 is 1. The van der Waals surface area contributed by atoms with E-state index in [0.29, 0.717) is 13.2 Å². The SMILES string of the molecule is COc1ccc(C(=O)NCCNC(=O)OC(C)(C)C)cc1S(=O)(=O)N1CCOCC1. The zero-order valence-electron chi connectivity index (χ0n) is 17.7. The van der Waals surface area contributed by atoms with Crippen molar-refractivity contribution in [1.29, 1.82) is 0 Å². The summed E-state index contributed by atoms with van der Waals surface area (Å²) < 4.78 is 42.8. The Bertz CT molecular complexity index is 859. The number of hydrogen-bond donors (Lipinski definition) is 2. The molecular formula is C19H29N3O7S. The number of nitrogens with zero attached hydrogens (tertiary/aromatic N) is 1. The van der Waals surface area contributed by atoms with Crippen molar-refractivity contribution in [1.82, 2.24) is 14.9 Å². The summed E-state index contributed by atoms with van der Waals surface area (Å²) in [6.45, 7) is 6.66. The van der Waals surface area contributed by atoms with Gasteiger partial charge in [-0.2, -0.15) is 4.31 Å². The van der Waals surface area contributed by atoms with E-state index in [1.807, 2.05) is 0 Å². The minimum atomic E-state index is -3.84. The van der Waals surface area contributed by atoms with E-state index in [0.717, 1.165) is 0 Å². The quantitative estimate of drug-likeness (QED) is 0.602. The molecule has 1 fully saturated rings. The first kappa shape index (κ1) is 23.9. The Kier molecular flexibility index (Phi) is 8.04. The van der Waals surface area contributed by atoms with Gasteiger partial charge in [0.1, 0.15) is 16.2 Å². The molecule has 1 aromatic carbocycles. The van der Waals surface area contributed by atoms with Crippen LogP contribution in [0.2, 0.25) is 0 Å². The van der Waals surface area contributed by atoms with Crippen LogP contribution in [0.4, 0.5) is 4.79 Å². The van der Waals surface area contributed by atoms with Gasteiger partial charge in [0.15, 0.2) is 0 Å². The van der Waals surface area contributed by atoms with E-state index in [1.54, 1.807) is 20.8 Å². The molecule has 0 spiro atoms. The third kappa shape index (κ3) is 6.57. The molecule has 1 aromatic rings. The molecule has 30 heavy (non-hydrogen) atoms. The second-order valence-corrected chi connectivity index (χ2v) is 9.47. The van der Waals surface area contributed by atoms with Crippen molar-refractivity contribution in [2.45, 2.75) is 31.3 Å². The third-order valence-electron chi connectivity index (χ3n) is 4.09. The Labute approximate surface area is 176 Å². The predicted molar refractivity (Wildman–Crippen MR) is 109 cm³/mol. The van der Waals surface area contributed by atoms with Gasteiger partial charge in [-0.3, -0.25) is 4.79 Å². The first-order chi connectivity index (χ1) is 14.0. The first-order valence-corrected chi connectivity index (χ1v) is 11.0. The van der Waals surface area contributed by atoms with Gasteiger partial charge in [-0.1, -0.05) is 0 Å². The fourth-order valence-corrected chi connectivity index (χ4v) is 4.29.